The summed E-state index contributed by atoms with van der Waals surface area (Å²) in [6.07, 6.45) is 39.4. The van der Waals surface area contributed by atoms with Gasteiger partial charge in [0.1, 0.15) is 0 Å². The summed E-state index contributed by atoms with van der Waals surface area (Å²) in [5.41, 5.74) is 1.13. The van der Waals surface area contributed by atoms with E-state index >= 15 is 0 Å². The van der Waals surface area contributed by atoms with Crippen molar-refractivity contribution in [3.8, 4) is 0 Å². The van der Waals surface area contributed by atoms with Gasteiger partial charge in [0.25, 0.3) is 0 Å². The zero-order chi connectivity index (χ0) is 33.6. The third-order valence-corrected chi connectivity index (χ3v) is 12.4. The van der Waals surface area contributed by atoms with Gasteiger partial charge in [0.05, 0.1) is 11.2 Å². The van der Waals surface area contributed by atoms with Gasteiger partial charge in [0.15, 0.2) is 0 Å². The third kappa shape index (κ3) is 15.9. The van der Waals surface area contributed by atoms with Crippen molar-refractivity contribution >= 4 is 23.2 Å². The topological polar surface area (TPSA) is 18.5 Å². The molecule has 1 aromatic heterocycles. The lowest BCUT2D eigenvalue weighted by Crippen LogP contribution is -2.41. The van der Waals surface area contributed by atoms with Crippen molar-refractivity contribution < 1.29 is 9.31 Å². The van der Waals surface area contributed by atoms with Gasteiger partial charge >= 0.3 is 7.12 Å². The van der Waals surface area contributed by atoms with E-state index in [4.69, 9.17) is 9.31 Å². The van der Waals surface area contributed by atoms with Crippen molar-refractivity contribution in [1.82, 2.24) is 0 Å². The predicted molar refractivity (Wildman–Crippen MR) is 208 cm³/mol. The molecule has 1 aromatic rings. The molecule has 1 saturated heterocycles. The van der Waals surface area contributed by atoms with Gasteiger partial charge in [-0.05, 0) is 63.0 Å². The number of thiophene rings is 1. The first kappa shape index (κ1) is 41.9. The van der Waals surface area contributed by atoms with Gasteiger partial charge in [-0.25, -0.2) is 0 Å². The summed E-state index contributed by atoms with van der Waals surface area (Å²) in [7, 11) is -0.238. The average Bonchev–Trinajstić information content (AvgIpc) is 3.60. The van der Waals surface area contributed by atoms with Gasteiger partial charge in [-0.3, -0.25) is 0 Å². The Bertz CT molecular complexity index is 816. The monoisotopic (exact) mass is 659 g/mol. The molecule has 0 bridgehead atoms. The summed E-state index contributed by atoms with van der Waals surface area (Å²) < 4.78 is 14.5. The Morgan fingerprint density at radius 1 is 0.522 bits per heavy atom. The second-order valence-electron chi connectivity index (χ2n) is 16.3. The Morgan fingerprint density at radius 2 is 0.826 bits per heavy atom. The first-order chi connectivity index (χ1) is 22.2. The molecule has 0 unspecified atom stereocenters. The standard InChI is InChI=1S/C42H79BO2S/c1-8-10-12-14-16-18-20-22-24-26-28-30-32-35-42(7,36-33-31-29-27-25-23-21-19-17-15-13-11-9-2)38-34-37-46-39(38)43-44-40(3,4)41(5,6)45-43/h34,37H,8-33,35-36H2,1-7H3. The van der Waals surface area contributed by atoms with Crippen LogP contribution in [0.5, 0.6) is 0 Å². The molecule has 0 atom stereocenters. The highest BCUT2D eigenvalue weighted by Crippen LogP contribution is 2.40. The maximum Gasteiger partial charge on any atom is 0.505 e. The molecule has 1 fully saturated rings. The second kappa shape index (κ2) is 23.9. The Labute approximate surface area is 293 Å². The minimum Gasteiger partial charge on any atom is -0.399 e. The molecule has 4 heteroatoms. The smallest absolute Gasteiger partial charge is 0.399 e. The van der Waals surface area contributed by atoms with Crippen LogP contribution < -0.4 is 4.78 Å². The summed E-state index contributed by atoms with van der Waals surface area (Å²) in [4.78, 5) is 0. The number of hydrogen-bond donors (Lipinski definition) is 0. The zero-order valence-electron chi connectivity index (χ0n) is 32.3. The van der Waals surface area contributed by atoms with Crippen molar-refractivity contribution in [2.24, 2.45) is 0 Å². The first-order valence-electron chi connectivity index (χ1n) is 20.6. The SMILES string of the molecule is CCCCCCCCCCCCCCCC(C)(CCCCCCCCCCCCCCC)c1ccsc1B1OC(C)(C)C(C)(C)O1. The van der Waals surface area contributed by atoms with Gasteiger partial charge in [-0.15, -0.1) is 0 Å². The summed E-state index contributed by atoms with van der Waals surface area (Å²) >= 11 is 1.85. The van der Waals surface area contributed by atoms with E-state index in [0.717, 1.165) is 0 Å². The van der Waals surface area contributed by atoms with Crippen LogP contribution >= 0.6 is 11.3 Å². The molecule has 46 heavy (non-hydrogen) atoms. The van der Waals surface area contributed by atoms with E-state index in [1.807, 2.05) is 11.3 Å². The highest BCUT2D eigenvalue weighted by Gasteiger charge is 2.53. The normalized spacial score (nSPS) is 16.1. The maximum atomic E-state index is 6.58. The van der Waals surface area contributed by atoms with Gasteiger partial charge < -0.3 is 9.31 Å². The lowest BCUT2D eigenvalue weighted by atomic mass is 9.69. The molecule has 0 saturated carbocycles. The van der Waals surface area contributed by atoms with Gasteiger partial charge in [-0.2, -0.15) is 11.3 Å². The van der Waals surface area contributed by atoms with Crippen LogP contribution in [-0.2, 0) is 14.7 Å². The van der Waals surface area contributed by atoms with Crippen LogP contribution in [-0.4, -0.2) is 18.3 Å². The van der Waals surface area contributed by atoms with Crippen LogP contribution in [0.15, 0.2) is 11.4 Å². The van der Waals surface area contributed by atoms with Crippen molar-refractivity contribution in [3.63, 3.8) is 0 Å². The lowest BCUT2D eigenvalue weighted by Gasteiger charge is -2.32. The Balaban J connectivity index is 1.78. The highest BCUT2D eigenvalue weighted by molar-refractivity contribution is 7.21. The molecule has 2 rings (SSSR count). The Hall–Kier alpha value is -0.315. The Morgan fingerprint density at radius 3 is 1.15 bits per heavy atom. The average molecular weight is 659 g/mol. The van der Waals surface area contributed by atoms with E-state index < -0.39 is 0 Å². The van der Waals surface area contributed by atoms with Crippen LogP contribution in [0, 0.1) is 0 Å². The zero-order valence-corrected chi connectivity index (χ0v) is 33.1. The molecule has 1 aliphatic rings. The molecule has 0 N–H and O–H groups in total. The minimum atomic E-state index is -0.292. The van der Waals surface area contributed by atoms with Crippen molar-refractivity contribution in [2.75, 3.05) is 0 Å². The number of hydrogen-bond acceptors (Lipinski definition) is 3. The molecule has 1 aliphatic heterocycles. The molecule has 2 heterocycles. The molecule has 0 aromatic carbocycles. The van der Waals surface area contributed by atoms with Gasteiger partial charge in [0.2, 0.25) is 0 Å². The van der Waals surface area contributed by atoms with E-state index in [0.29, 0.717) is 0 Å². The van der Waals surface area contributed by atoms with Crippen LogP contribution in [0.25, 0.3) is 0 Å². The van der Waals surface area contributed by atoms with Crippen LogP contribution in [0.3, 0.4) is 0 Å². The maximum absolute atomic E-state index is 6.58. The van der Waals surface area contributed by atoms with E-state index in [-0.39, 0.29) is 23.7 Å². The minimum absolute atomic E-state index is 0.203. The highest BCUT2D eigenvalue weighted by atomic mass is 32.1. The number of unbranched alkanes of at least 4 members (excludes halogenated alkanes) is 24. The molecule has 2 nitrogen and oxygen atoms in total. The van der Waals surface area contributed by atoms with Crippen molar-refractivity contribution in [1.29, 1.82) is 0 Å². The van der Waals surface area contributed by atoms with E-state index in [2.05, 4.69) is 59.9 Å². The van der Waals surface area contributed by atoms with Crippen molar-refractivity contribution in [3.05, 3.63) is 17.0 Å². The summed E-state index contributed by atoms with van der Waals surface area (Å²) in [6, 6.07) is 2.41. The van der Waals surface area contributed by atoms with Gasteiger partial charge in [0, 0.05) is 4.78 Å². The summed E-state index contributed by atoms with van der Waals surface area (Å²) in [5, 5.41) is 2.29. The molecule has 0 radical (unpaired) electrons. The Kier molecular flexibility index (Phi) is 21.8. The molecule has 268 valence electrons. The van der Waals surface area contributed by atoms with Crippen molar-refractivity contribution in [2.45, 2.75) is 245 Å². The fraction of sp³-hybridized carbons (Fsp3) is 0.905. The van der Waals surface area contributed by atoms with Gasteiger partial charge in [-0.1, -0.05) is 188 Å². The van der Waals surface area contributed by atoms with E-state index in [1.54, 1.807) is 0 Å². The first-order valence-corrected chi connectivity index (χ1v) is 21.5. The molecule has 0 spiro atoms. The molecular formula is C42H79BO2S. The molecule has 0 aliphatic carbocycles. The molecular weight excluding hydrogens is 579 g/mol. The van der Waals surface area contributed by atoms with Crippen LogP contribution in [0.1, 0.15) is 234 Å². The largest absolute Gasteiger partial charge is 0.505 e. The summed E-state index contributed by atoms with van der Waals surface area (Å²) in [6.45, 7) is 15.9. The van der Waals surface area contributed by atoms with E-state index in [9.17, 15) is 0 Å². The molecule has 0 amide bonds. The van der Waals surface area contributed by atoms with Crippen LogP contribution in [0.4, 0.5) is 0 Å². The fourth-order valence-electron chi connectivity index (χ4n) is 7.41. The lowest BCUT2D eigenvalue weighted by molar-refractivity contribution is 0.00578. The van der Waals surface area contributed by atoms with E-state index in [1.165, 1.54) is 190 Å². The number of rotatable bonds is 30. The summed E-state index contributed by atoms with van der Waals surface area (Å²) in [5.74, 6) is 0. The quantitative estimate of drug-likeness (QED) is 0.0605. The van der Waals surface area contributed by atoms with Crippen LogP contribution in [0.2, 0.25) is 0 Å². The predicted octanol–water partition coefficient (Wildman–Crippen LogP) is 14.3. The fourth-order valence-corrected chi connectivity index (χ4v) is 8.41. The second-order valence-corrected chi connectivity index (χ2v) is 17.3. The third-order valence-electron chi connectivity index (χ3n) is 11.5.